The predicted octanol–water partition coefficient (Wildman–Crippen LogP) is 12.6. The Bertz CT molecular complexity index is 6630. The molecule has 0 atom stereocenters. The Morgan fingerprint density at radius 1 is 0.177 bits per heavy atom. The Kier molecular flexibility index (Phi) is 17.1. The van der Waals surface area contributed by atoms with Gasteiger partial charge in [-0.15, -0.1) is 0 Å². The number of hydrogen-bond acceptors (Lipinski definition) is 6. The largest absolute Gasteiger partial charge is 0.458 e. The molecule has 24 rings (SSSR count). The Hall–Kier alpha value is -14.4. The van der Waals surface area contributed by atoms with E-state index in [0.29, 0.717) is 0 Å². The molecule has 0 N–H and O–H groups in total. The molecule has 18 aromatic rings. The minimum absolute atomic E-state index is 0.289. The lowest BCUT2D eigenvalue weighted by atomic mass is 9.30. The van der Waals surface area contributed by atoms with E-state index >= 15 is 0 Å². The molecule has 0 unspecified atom stereocenters. The maximum Gasteiger partial charge on any atom is 0.260 e. The molecule has 6 aliphatic rings. The summed E-state index contributed by atoms with van der Waals surface area (Å²) in [5.74, 6) is 6.48. The van der Waals surface area contributed by atoms with Crippen molar-refractivity contribution in [3.63, 3.8) is 0 Å². The fourth-order valence-corrected chi connectivity index (χ4v) is 36.8. The van der Waals surface area contributed by atoms with Crippen LogP contribution in [0.25, 0.3) is 0 Å². The van der Waals surface area contributed by atoms with Gasteiger partial charge in [-0.1, -0.05) is 358 Å². The van der Waals surface area contributed by atoms with E-state index in [-0.39, 0.29) is 13.4 Å². The highest BCUT2D eigenvalue weighted by molar-refractivity contribution is 7.21. The van der Waals surface area contributed by atoms with Crippen molar-refractivity contribution in [1.29, 1.82) is 0 Å². The summed E-state index contributed by atoms with van der Waals surface area (Å²) in [6.07, 6.45) is 0. The molecule has 0 amide bonds. The molecule has 6 heterocycles. The summed E-state index contributed by atoms with van der Waals surface area (Å²) in [5.41, 5.74) is 21.0. The summed E-state index contributed by atoms with van der Waals surface area (Å²) in [6, 6.07) is 157. The second kappa shape index (κ2) is 28.9. The number of rotatable bonds is 14. The van der Waals surface area contributed by atoms with E-state index < -0.39 is 30.9 Å². The van der Waals surface area contributed by atoms with Crippen molar-refractivity contribution >= 4 is 190 Å². The summed E-state index contributed by atoms with van der Waals surface area (Å²) in [7, 11) is -9.80. The number of anilines is 6. The first kappa shape index (κ1) is 73.5. The summed E-state index contributed by atoms with van der Waals surface area (Å²) in [6.45, 7) is 8.10. The average molecular weight is 1640 g/mol. The number of fused-ring (bicyclic) bond motifs is 12. The van der Waals surface area contributed by atoms with Crippen LogP contribution in [0.4, 0.5) is 34.1 Å². The molecule has 6 nitrogen and oxygen atoms in total. The Balaban J connectivity index is 0.806. The number of nitrogens with zero attached hydrogens (tertiary/aromatic N) is 2. The SMILES string of the molecule is Cc1cccc(C)c1N1c2cc3c(cc2B2c4ccccc4Oc4cc([Si](c5ccccc5)(c5ccccc5)c5ccccc5)cc1c42)B1c2cc4c(cc2Oc2cc([Si](c5ccccc5)(c5ccccc5)c5ccccc5)cc(c21)O3)N(c1c(C)cccc1C)c1cc([Si](c2ccccc2)(c2ccccc2)c2ccccc2)cc2c1B4c1ccccc1O2. The van der Waals surface area contributed by atoms with Gasteiger partial charge < -0.3 is 28.7 Å². The first-order valence-corrected chi connectivity index (χ1v) is 49.2. The molecule has 18 aromatic carbocycles. The van der Waals surface area contributed by atoms with Crippen LogP contribution in [-0.2, 0) is 0 Å². The van der Waals surface area contributed by atoms with Gasteiger partial charge in [0, 0.05) is 40.3 Å². The standard InChI is InChI=1S/C112H81B3N2O4Si3/c1-74-38-36-39-75(2)111(74)116-96-72-102-94(70-92(96)113-90-60-32-34-62-100(90)118-104-66-87(64-98(116)108(104)113)122(78-42-14-5-15-43-78,79-44-16-6-17-45-79)80-46-18-7-19-47-80)115-95-71-93-97(73-103(95)121-107-69-89(68-106(120-102)110(107)115)124(84-54-26-11-27-55-84,85-56-28-12-29-57-85)86-58-30-13-31-59-86)117(112-76(3)40-37-41-77(112)4)99-65-88(67-105-109(99)114(93)91-61-33-35-63-101(91)119-105)123(81-48-20-8-21-49-81,82-50-22-9-23-51-82)83-52-24-10-25-53-83/h5-73H,1-4H3. The van der Waals surface area contributed by atoms with Crippen LogP contribution < -0.4 is 140 Å². The highest BCUT2D eigenvalue weighted by atomic mass is 28.3. The van der Waals surface area contributed by atoms with Crippen molar-refractivity contribution in [3.05, 3.63) is 441 Å². The number of para-hydroxylation sites is 4. The van der Waals surface area contributed by atoms with Crippen LogP contribution in [-0.4, -0.2) is 44.4 Å². The summed E-state index contributed by atoms with van der Waals surface area (Å²) in [4.78, 5) is 5.20. The van der Waals surface area contributed by atoms with Crippen LogP contribution in [0.5, 0.6) is 46.0 Å². The van der Waals surface area contributed by atoms with Gasteiger partial charge in [0.15, 0.2) is 24.2 Å². The maximum atomic E-state index is 8.19. The molecule has 12 heteroatoms. The first-order valence-electron chi connectivity index (χ1n) is 43.2. The highest BCUT2D eigenvalue weighted by Crippen LogP contribution is 2.49. The Labute approximate surface area is 727 Å². The zero-order valence-corrected chi connectivity index (χ0v) is 72.1. The smallest absolute Gasteiger partial charge is 0.260 e. The minimum Gasteiger partial charge on any atom is -0.458 e. The lowest BCUT2D eigenvalue weighted by Gasteiger charge is -2.45. The molecular weight excluding hydrogens is 1550 g/mol. The van der Waals surface area contributed by atoms with E-state index in [1.54, 1.807) is 0 Å². The molecule has 0 spiro atoms. The van der Waals surface area contributed by atoms with E-state index in [9.17, 15) is 0 Å². The molecule has 0 aromatic heterocycles. The van der Waals surface area contributed by atoms with Crippen molar-refractivity contribution in [3.8, 4) is 46.0 Å². The second-order valence-electron chi connectivity index (χ2n) is 34.1. The van der Waals surface area contributed by atoms with Gasteiger partial charge in [0.05, 0.1) is 11.4 Å². The quantitative estimate of drug-likeness (QED) is 0.0798. The Morgan fingerprint density at radius 2 is 0.411 bits per heavy atom. The summed E-state index contributed by atoms with van der Waals surface area (Å²) >= 11 is 0. The molecular formula is C112H81B3N2O4Si3. The van der Waals surface area contributed by atoms with Gasteiger partial charge in [0.2, 0.25) is 0 Å². The third-order valence-electron chi connectivity index (χ3n) is 27.6. The molecule has 584 valence electrons. The van der Waals surface area contributed by atoms with Gasteiger partial charge in [-0.3, -0.25) is 0 Å². The number of ether oxygens (including phenoxy) is 4. The van der Waals surface area contributed by atoms with Crippen LogP contribution in [0.1, 0.15) is 22.3 Å². The van der Waals surface area contributed by atoms with Gasteiger partial charge in [0.25, 0.3) is 20.1 Å². The predicted molar refractivity (Wildman–Crippen MR) is 526 cm³/mol. The maximum absolute atomic E-state index is 8.19. The third-order valence-corrected chi connectivity index (χ3v) is 41.8. The van der Waals surface area contributed by atoms with Gasteiger partial charge in [0.1, 0.15) is 46.0 Å². The number of hydrogen-bond donors (Lipinski definition) is 0. The van der Waals surface area contributed by atoms with Crippen molar-refractivity contribution in [1.82, 2.24) is 0 Å². The Morgan fingerprint density at radius 3 is 0.694 bits per heavy atom. The van der Waals surface area contributed by atoms with Crippen LogP contribution in [0.2, 0.25) is 0 Å². The van der Waals surface area contributed by atoms with E-state index in [4.69, 9.17) is 18.9 Å². The zero-order valence-electron chi connectivity index (χ0n) is 69.1. The molecule has 0 saturated heterocycles. The van der Waals surface area contributed by atoms with Crippen molar-refractivity contribution in [2.45, 2.75) is 27.7 Å². The van der Waals surface area contributed by atoms with Gasteiger partial charge in [-0.25, -0.2) is 0 Å². The van der Waals surface area contributed by atoms with Gasteiger partial charge in [-0.2, -0.15) is 0 Å². The number of benzene rings is 18. The first-order chi connectivity index (χ1) is 61.2. The fourth-order valence-electron chi connectivity index (χ4n) is 22.5. The molecule has 0 radical (unpaired) electrons. The van der Waals surface area contributed by atoms with Crippen LogP contribution in [0, 0.1) is 27.7 Å². The third kappa shape index (κ3) is 10.9. The molecule has 6 aliphatic heterocycles. The van der Waals surface area contributed by atoms with E-state index in [1.165, 1.54) is 57.1 Å². The molecule has 0 saturated carbocycles. The molecule has 124 heavy (non-hydrogen) atoms. The normalized spacial score (nSPS) is 13.3. The summed E-state index contributed by atoms with van der Waals surface area (Å²) in [5, 5.41) is 15.0. The van der Waals surface area contributed by atoms with E-state index in [2.05, 4.69) is 456 Å². The molecule has 0 bridgehead atoms. The average Bonchev–Trinajstić information content (AvgIpc) is 0.686. The number of aryl methyl sites for hydroxylation is 4. The van der Waals surface area contributed by atoms with E-state index in [0.717, 1.165) is 157 Å². The van der Waals surface area contributed by atoms with Crippen LogP contribution in [0.15, 0.2) is 419 Å². The second-order valence-corrected chi connectivity index (χ2v) is 45.5. The van der Waals surface area contributed by atoms with Crippen molar-refractivity contribution < 1.29 is 18.9 Å². The van der Waals surface area contributed by atoms with Crippen LogP contribution in [0.3, 0.4) is 0 Å². The van der Waals surface area contributed by atoms with Crippen molar-refractivity contribution in [2.75, 3.05) is 9.80 Å². The lowest BCUT2D eigenvalue weighted by molar-refractivity contribution is 0.465. The fraction of sp³-hybridized carbons (Fsp3) is 0.0357. The zero-order chi connectivity index (χ0) is 82.5. The lowest BCUT2D eigenvalue weighted by Crippen LogP contribution is -2.75. The van der Waals surface area contributed by atoms with E-state index in [1.807, 2.05) is 0 Å². The van der Waals surface area contributed by atoms with Crippen LogP contribution >= 0.6 is 0 Å². The summed E-state index contributed by atoms with van der Waals surface area (Å²) < 4.78 is 31.7. The van der Waals surface area contributed by atoms with Gasteiger partial charge in [-0.05, 0) is 204 Å². The minimum atomic E-state index is -3.33. The van der Waals surface area contributed by atoms with Gasteiger partial charge >= 0.3 is 0 Å². The molecule has 0 fully saturated rings. The van der Waals surface area contributed by atoms with Crippen molar-refractivity contribution in [2.24, 2.45) is 0 Å². The molecule has 0 aliphatic carbocycles. The topological polar surface area (TPSA) is 43.4 Å². The highest BCUT2D eigenvalue weighted by Gasteiger charge is 2.54. The monoisotopic (exact) mass is 1630 g/mol.